The van der Waals surface area contributed by atoms with Crippen LogP contribution in [0.1, 0.15) is 37.9 Å². The summed E-state index contributed by atoms with van der Waals surface area (Å²) in [5, 5.41) is 6.40. The van der Waals surface area contributed by atoms with Crippen LogP contribution >= 0.6 is 0 Å². The van der Waals surface area contributed by atoms with E-state index in [-0.39, 0.29) is 6.71 Å². The van der Waals surface area contributed by atoms with Crippen LogP contribution in [-0.2, 0) is 12.8 Å². The smallest absolute Gasteiger partial charge is 0.246 e. The number of para-hydroxylation sites is 3. The molecule has 9 rings (SSSR count). The summed E-state index contributed by atoms with van der Waals surface area (Å²) < 4.78 is 2.69. The minimum absolute atomic E-state index is 0.216. The van der Waals surface area contributed by atoms with E-state index in [1.807, 2.05) is 0 Å². The van der Waals surface area contributed by atoms with Crippen LogP contribution < -0.4 is 36.8 Å². The molecule has 0 saturated heterocycles. The Morgan fingerprint density at radius 1 is 0.688 bits per heavy atom. The number of hydrogen-bond acceptors (Lipinski definition) is 1. The molecule has 0 fully saturated rings. The quantitative estimate of drug-likeness (QED) is 0.177. The summed E-state index contributed by atoms with van der Waals surface area (Å²) in [6, 6.07) is 45.1. The summed E-state index contributed by atoms with van der Waals surface area (Å²) in [6.45, 7) is 12.7. The summed E-state index contributed by atoms with van der Waals surface area (Å²) in [4.78, 5) is 2.63. The number of aryl methyl sites for hydroxylation is 1. The normalized spacial score (nSPS) is 15.9. The highest BCUT2D eigenvalue weighted by atomic mass is 28.3. The molecular weight excluding hydrogens is 611 g/mol. The Morgan fingerprint density at radius 3 is 2.21 bits per heavy atom. The van der Waals surface area contributed by atoms with Gasteiger partial charge in [0.1, 0.15) is 8.07 Å². The number of nitrogens with zero attached hydrogens (tertiary/aromatic N) is 2. The van der Waals surface area contributed by atoms with E-state index in [1.165, 1.54) is 76.2 Å². The Labute approximate surface area is 288 Å². The Morgan fingerprint density at radius 2 is 1.42 bits per heavy atom. The lowest BCUT2D eigenvalue weighted by molar-refractivity contribution is 0.667. The number of anilines is 3. The van der Waals surface area contributed by atoms with Gasteiger partial charge in [-0.3, -0.25) is 0 Å². The van der Waals surface area contributed by atoms with Crippen molar-refractivity contribution >= 4 is 82.8 Å². The van der Waals surface area contributed by atoms with E-state index < -0.39 is 16.1 Å². The molecule has 0 unspecified atom stereocenters. The third-order valence-corrected chi connectivity index (χ3v) is 19.5. The van der Waals surface area contributed by atoms with Crippen LogP contribution in [0.25, 0.3) is 16.6 Å². The van der Waals surface area contributed by atoms with Gasteiger partial charge in [0.15, 0.2) is 0 Å². The van der Waals surface area contributed by atoms with E-state index in [1.54, 1.807) is 32.0 Å². The lowest BCUT2D eigenvalue weighted by Gasteiger charge is -2.47. The molecule has 0 saturated carbocycles. The first-order valence-electron chi connectivity index (χ1n) is 18.3. The second-order valence-corrected chi connectivity index (χ2v) is 25.1. The minimum Gasteiger partial charge on any atom is -0.311 e. The molecule has 48 heavy (non-hydrogen) atoms. The first-order chi connectivity index (χ1) is 23.4. The van der Waals surface area contributed by atoms with Crippen molar-refractivity contribution in [3.63, 3.8) is 0 Å². The predicted octanol–water partition coefficient (Wildman–Crippen LogP) is 7.27. The van der Waals surface area contributed by atoms with Gasteiger partial charge in [0, 0.05) is 22.5 Å². The van der Waals surface area contributed by atoms with Gasteiger partial charge in [-0.1, -0.05) is 145 Å². The standard InChI is InChI=1S/C43H45BN2Si2/c1-6-48(7-2)40-28-27-39(46-36-22-14-11-19-32(36)33-20-12-15-23-37(33)46)43-42(40)44(35-26-25-31(29-41(35)48)47(3,4)5)34-21-13-16-24-38(34)45(43)30-17-9-8-10-18-30/h8-11,13-14,16-19,21-22,24-29H,6-7,12,15,20,23H2,1-5H3. The van der Waals surface area contributed by atoms with Crippen molar-refractivity contribution in [2.75, 3.05) is 4.90 Å². The predicted molar refractivity (Wildman–Crippen MR) is 215 cm³/mol. The molecule has 6 aromatic rings. The number of aromatic nitrogens is 1. The highest BCUT2D eigenvalue weighted by Crippen LogP contribution is 2.43. The molecule has 3 aliphatic rings. The van der Waals surface area contributed by atoms with Gasteiger partial charge in [0.2, 0.25) is 6.71 Å². The molecule has 1 aliphatic carbocycles. The first-order valence-corrected chi connectivity index (χ1v) is 24.2. The molecule has 0 atom stereocenters. The molecular formula is C43H45BN2Si2. The number of benzene rings is 5. The average Bonchev–Trinajstić information content (AvgIpc) is 3.45. The molecule has 0 N–H and O–H groups in total. The zero-order valence-electron chi connectivity index (χ0n) is 29.1. The van der Waals surface area contributed by atoms with Gasteiger partial charge in [-0.15, -0.1) is 0 Å². The van der Waals surface area contributed by atoms with Crippen molar-refractivity contribution in [1.82, 2.24) is 4.57 Å². The van der Waals surface area contributed by atoms with E-state index >= 15 is 0 Å². The maximum Gasteiger partial charge on any atom is 0.246 e. The third kappa shape index (κ3) is 4.10. The van der Waals surface area contributed by atoms with Crippen LogP contribution in [0.3, 0.4) is 0 Å². The van der Waals surface area contributed by atoms with Crippen molar-refractivity contribution in [2.24, 2.45) is 0 Å². The monoisotopic (exact) mass is 656 g/mol. The van der Waals surface area contributed by atoms with Gasteiger partial charge in [-0.25, -0.2) is 0 Å². The largest absolute Gasteiger partial charge is 0.311 e. The summed E-state index contributed by atoms with van der Waals surface area (Å²) in [7, 11) is -3.60. The molecule has 1 aromatic heterocycles. The van der Waals surface area contributed by atoms with Gasteiger partial charge in [0.05, 0.1) is 25.0 Å². The fraction of sp³-hybridized carbons (Fsp3) is 0.256. The molecule has 0 bridgehead atoms. The summed E-state index contributed by atoms with van der Waals surface area (Å²) in [5.41, 5.74) is 14.3. The van der Waals surface area contributed by atoms with E-state index in [0.29, 0.717) is 0 Å². The topological polar surface area (TPSA) is 8.17 Å². The Balaban J connectivity index is 1.45. The number of rotatable bonds is 5. The van der Waals surface area contributed by atoms with Crippen molar-refractivity contribution in [2.45, 2.75) is 71.3 Å². The van der Waals surface area contributed by atoms with E-state index in [0.717, 1.165) is 6.42 Å². The zero-order chi connectivity index (χ0) is 32.8. The van der Waals surface area contributed by atoms with Crippen molar-refractivity contribution < 1.29 is 0 Å². The van der Waals surface area contributed by atoms with Crippen molar-refractivity contribution in [3.8, 4) is 5.69 Å². The minimum atomic E-state index is -2.09. The fourth-order valence-electron chi connectivity index (χ4n) is 9.72. The highest BCUT2D eigenvalue weighted by molar-refractivity contribution is 7.16. The maximum absolute atomic E-state index is 2.71. The second-order valence-electron chi connectivity index (χ2n) is 15.4. The molecule has 3 heterocycles. The lowest BCUT2D eigenvalue weighted by Crippen LogP contribution is -2.80. The van der Waals surface area contributed by atoms with Crippen LogP contribution in [0.5, 0.6) is 0 Å². The molecule has 5 heteroatoms. The van der Waals surface area contributed by atoms with Gasteiger partial charge in [-0.2, -0.15) is 0 Å². The molecule has 0 amide bonds. The summed E-state index contributed by atoms with van der Waals surface area (Å²) >= 11 is 0. The van der Waals surface area contributed by atoms with Crippen LogP contribution in [0.2, 0.25) is 31.7 Å². The van der Waals surface area contributed by atoms with E-state index in [4.69, 9.17) is 0 Å². The molecule has 0 spiro atoms. The lowest BCUT2D eigenvalue weighted by atomic mass is 9.34. The van der Waals surface area contributed by atoms with Crippen LogP contribution in [0.4, 0.5) is 17.1 Å². The Kier molecular flexibility index (Phi) is 6.87. The second kappa shape index (κ2) is 11.0. The average molecular weight is 657 g/mol. The number of fused-ring (bicyclic) bond motifs is 7. The third-order valence-electron chi connectivity index (χ3n) is 12.1. The molecule has 2 nitrogen and oxygen atoms in total. The van der Waals surface area contributed by atoms with Crippen LogP contribution in [-0.4, -0.2) is 27.4 Å². The van der Waals surface area contributed by atoms with Crippen molar-refractivity contribution in [1.29, 1.82) is 0 Å². The summed E-state index contributed by atoms with van der Waals surface area (Å²) in [6.07, 6.45) is 4.84. The fourth-order valence-corrected chi connectivity index (χ4v) is 15.7. The van der Waals surface area contributed by atoms with Crippen molar-refractivity contribution in [3.05, 3.63) is 120 Å². The van der Waals surface area contributed by atoms with E-state index in [9.17, 15) is 0 Å². The molecule has 5 aromatic carbocycles. The Hall–Kier alpha value is -4.06. The zero-order valence-corrected chi connectivity index (χ0v) is 31.1. The van der Waals surface area contributed by atoms with Crippen LogP contribution in [0, 0.1) is 0 Å². The maximum atomic E-state index is 2.71. The Bertz CT molecular complexity index is 2220. The SMILES string of the molecule is CC[Si]1(CC)c2cc([Si](C)(C)C)ccc2B2c3ccccc3N(c3ccccc3)c3c(-n4c5c(c6ccccc64)CCCC5)ccc1c32. The van der Waals surface area contributed by atoms with E-state index in [2.05, 4.69) is 152 Å². The summed E-state index contributed by atoms with van der Waals surface area (Å²) in [5.74, 6) is 0. The van der Waals surface area contributed by atoms with Gasteiger partial charge in [-0.05, 0) is 72.5 Å². The molecule has 0 radical (unpaired) electrons. The highest BCUT2D eigenvalue weighted by Gasteiger charge is 2.50. The van der Waals surface area contributed by atoms with Gasteiger partial charge < -0.3 is 9.47 Å². The van der Waals surface area contributed by atoms with Gasteiger partial charge in [0.25, 0.3) is 0 Å². The number of hydrogen-bond donors (Lipinski definition) is 0. The first kappa shape index (κ1) is 30.0. The molecule has 238 valence electrons. The van der Waals surface area contributed by atoms with Gasteiger partial charge >= 0.3 is 0 Å². The van der Waals surface area contributed by atoms with Crippen LogP contribution in [0.15, 0.2) is 109 Å². The molecule has 2 aliphatic heterocycles.